The maximum absolute atomic E-state index is 10.1. The summed E-state index contributed by atoms with van der Waals surface area (Å²) in [6.07, 6.45) is -0.983. The van der Waals surface area contributed by atoms with Gasteiger partial charge in [-0.2, -0.15) is 0 Å². The average Bonchev–Trinajstić information content (AvgIpc) is 2.60. The molecule has 3 N–H and O–H groups in total. The van der Waals surface area contributed by atoms with Crippen LogP contribution in [-0.2, 0) is 6.61 Å². The number of hydrogen-bond acceptors (Lipinski definition) is 3. The van der Waals surface area contributed by atoms with Crippen molar-refractivity contribution in [1.82, 2.24) is 0 Å². The summed E-state index contributed by atoms with van der Waals surface area (Å²) >= 11 is 12.7. The molecule has 3 rings (SSSR count). The van der Waals surface area contributed by atoms with E-state index in [2.05, 4.69) is 0 Å². The third kappa shape index (κ3) is 3.02. The number of hydrogen-bond donors (Lipinski definition) is 3. The van der Waals surface area contributed by atoms with E-state index in [0.717, 1.165) is 21.9 Å². The predicted octanol–water partition coefficient (Wildman–Crippen LogP) is 4.33. The smallest absolute Gasteiger partial charge is 0.103 e. The highest BCUT2D eigenvalue weighted by molar-refractivity contribution is 6.39. The van der Waals surface area contributed by atoms with Gasteiger partial charge in [0.2, 0.25) is 0 Å². The van der Waals surface area contributed by atoms with E-state index in [0.29, 0.717) is 21.2 Å². The van der Waals surface area contributed by atoms with E-state index in [1.165, 1.54) is 0 Å². The Kier molecular flexibility index (Phi) is 5.09. The van der Waals surface area contributed by atoms with E-state index in [9.17, 15) is 15.3 Å². The highest BCUT2D eigenvalue weighted by Gasteiger charge is 2.17. The lowest BCUT2D eigenvalue weighted by atomic mass is 9.92. The first-order valence-corrected chi connectivity index (χ1v) is 8.22. The topological polar surface area (TPSA) is 60.7 Å². The maximum atomic E-state index is 10.1. The molecule has 0 radical (unpaired) electrons. The van der Waals surface area contributed by atoms with Gasteiger partial charge in [0.1, 0.15) is 6.10 Å². The zero-order chi connectivity index (χ0) is 17.3. The molecule has 3 aromatic carbocycles. The van der Waals surface area contributed by atoms with E-state index in [4.69, 9.17) is 23.2 Å². The second-order valence-electron chi connectivity index (χ2n) is 5.54. The minimum Gasteiger partial charge on any atom is -0.393 e. The Morgan fingerprint density at radius 1 is 0.875 bits per heavy atom. The summed E-state index contributed by atoms with van der Waals surface area (Å²) in [6.45, 7) is -0.471. The van der Waals surface area contributed by atoms with Crippen LogP contribution in [0.15, 0.2) is 48.5 Å². The molecule has 0 bridgehead atoms. The Morgan fingerprint density at radius 3 is 2.21 bits per heavy atom. The summed E-state index contributed by atoms with van der Waals surface area (Å²) in [4.78, 5) is 0. The van der Waals surface area contributed by atoms with Crippen molar-refractivity contribution in [2.75, 3.05) is 6.61 Å². The van der Waals surface area contributed by atoms with Crippen molar-refractivity contribution in [3.05, 3.63) is 69.7 Å². The quantitative estimate of drug-likeness (QED) is 0.647. The van der Waals surface area contributed by atoms with E-state index in [1.54, 1.807) is 30.3 Å². The lowest BCUT2D eigenvalue weighted by Gasteiger charge is -2.17. The fourth-order valence-electron chi connectivity index (χ4n) is 2.88. The standard InChI is InChI=1S/C19H16Cl2O3/c20-16-2-1-3-17(21)19(16)14-7-6-13(18(24)10-23)12-5-4-11(9-22)8-15(12)14/h1-8,18,22-24H,9-10H2. The van der Waals surface area contributed by atoms with Gasteiger partial charge in [0, 0.05) is 15.6 Å². The van der Waals surface area contributed by atoms with Crippen LogP contribution in [0.3, 0.4) is 0 Å². The van der Waals surface area contributed by atoms with Gasteiger partial charge in [-0.3, -0.25) is 0 Å². The Labute approximate surface area is 149 Å². The molecule has 1 unspecified atom stereocenters. The van der Waals surface area contributed by atoms with Crippen LogP contribution in [0.25, 0.3) is 21.9 Å². The van der Waals surface area contributed by atoms with Gasteiger partial charge in [0.15, 0.2) is 0 Å². The van der Waals surface area contributed by atoms with Crippen LogP contribution in [0.2, 0.25) is 10.0 Å². The zero-order valence-corrected chi connectivity index (χ0v) is 14.2. The molecule has 0 saturated heterocycles. The van der Waals surface area contributed by atoms with Gasteiger partial charge in [-0.25, -0.2) is 0 Å². The first-order chi connectivity index (χ1) is 11.6. The van der Waals surface area contributed by atoms with Gasteiger partial charge in [-0.15, -0.1) is 0 Å². The molecule has 0 amide bonds. The molecule has 0 aliphatic heterocycles. The van der Waals surface area contributed by atoms with Crippen LogP contribution < -0.4 is 0 Å². The van der Waals surface area contributed by atoms with Gasteiger partial charge < -0.3 is 15.3 Å². The molecule has 0 saturated carbocycles. The third-order valence-corrected chi connectivity index (χ3v) is 4.69. The van der Waals surface area contributed by atoms with Gasteiger partial charge >= 0.3 is 0 Å². The molecule has 0 spiro atoms. The SMILES string of the molecule is OCc1ccc2c(C(O)CO)ccc(-c3c(Cl)cccc3Cl)c2c1. The Bertz CT molecular complexity index is 873. The summed E-state index contributed by atoms with van der Waals surface area (Å²) in [5.74, 6) is 0. The van der Waals surface area contributed by atoms with E-state index >= 15 is 0 Å². The zero-order valence-electron chi connectivity index (χ0n) is 12.7. The number of rotatable bonds is 4. The molecular weight excluding hydrogens is 347 g/mol. The average molecular weight is 363 g/mol. The molecule has 5 heteroatoms. The lowest BCUT2D eigenvalue weighted by Crippen LogP contribution is -2.04. The Balaban J connectivity index is 2.37. The minimum absolute atomic E-state index is 0.0988. The molecular formula is C19H16Cl2O3. The summed E-state index contributed by atoms with van der Waals surface area (Å²) in [5, 5.41) is 31.4. The molecule has 0 aliphatic carbocycles. The first kappa shape index (κ1) is 17.2. The lowest BCUT2D eigenvalue weighted by molar-refractivity contribution is 0.0967. The molecule has 0 heterocycles. The van der Waals surface area contributed by atoms with Crippen LogP contribution in [0.4, 0.5) is 0 Å². The molecule has 3 aromatic rings. The van der Waals surface area contributed by atoms with Crippen molar-refractivity contribution in [1.29, 1.82) is 0 Å². The minimum atomic E-state index is -0.983. The fraction of sp³-hybridized carbons (Fsp3) is 0.158. The molecule has 1 atom stereocenters. The number of fused-ring (bicyclic) bond motifs is 1. The first-order valence-electron chi connectivity index (χ1n) is 7.46. The number of aliphatic hydroxyl groups excluding tert-OH is 3. The van der Waals surface area contributed by atoms with E-state index in [1.807, 2.05) is 18.2 Å². The van der Waals surface area contributed by atoms with Crippen molar-refractivity contribution in [2.24, 2.45) is 0 Å². The predicted molar refractivity (Wildman–Crippen MR) is 97.4 cm³/mol. The highest BCUT2D eigenvalue weighted by atomic mass is 35.5. The molecule has 0 aliphatic rings. The third-order valence-electron chi connectivity index (χ3n) is 4.06. The molecule has 0 fully saturated rings. The maximum Gasteiger partial charge on any atom is 0.103 e. The molecule has 124 valence electrons. The Morgan fingerprint density at radius 2 is 1.58 bits per heavy atom. The van der Waals surface area contributed by atoms with Crippen molar-refractivity contribution < 1.29 is 15.3 Å². The largest absolute Gasteiger partial charge is 0.393 e. The summed E-state index contributed by atoms with van der Waals surface area (Å²) < 4.78 is 0. The number of halogens is 2. The summed E-state index contributed by atoms with van der Waals surface area (Å²) in [6, 6.07) is 14.3. The van der Waals surface area contributed by atoms with Crippen LogP contribution in [0, 0.1) is 0 Å². The second kappa shape index (κ2) is 7.09. The normalized spacial score (nSPS) is 12.5. The Hall–Kier alpha value is -1.62. The molecule has 3 nitrogen and oxygen atoms in total. The summed E-state index contributed by atoms with van der Waals surface area (Å²) in [7, 11) is 0. The van der Waals surface area contributed by atoms with Gasteiger partial charge in [0.05, 0.1) is 13.2 Å². The second-order valence-corrected chi connectivity index (χ2v) is 6.35. The fourth-order valence-corrected chi connectivity index (χ4v) is 3.48. The monoisotopic (exact) mass is 362 g/mol. The molecule has 0 aromatic heterocycles. The van der Waals surface area contributed by atoms with Crippen LogP contribution in [0.5, 0.6) is 0 Å². The van der Waals surface area contributed by atoms with E-state index in [-0.39, 0.29) is 13.2 Å². The van der Waals surface area contributed by atoms with Crippen molar-refractivity contribution >= 4 is 34.0 Å². The summed E-state index contributed by atoms with van der Waals surface area (Å²) in [5.41, 5.74) is 2.86. The van der Waals surface area contributed by atoms with Crippen LogP contribution in [0.1, 0.15) is 17.2 Å². The van der Waals surface area contributed by atoms with Crippen molar-refractivity contribution in [3.63, 3.8) is 0 Å². The van der Waals surface area contributed by atoms with Crippen LogP contribution >= 0.6 is 23.2 Å². The number of aliphatic hydroxyl groups is 3. The van der Waals surface area contributed by atoms with Gasteiger partial charge in [-0.1, -0.05) is 53.5 Å². The number of benzene rings is 3. The van der Waals surface area contributed by atoms with Crippen molar-refractivity contribution in [3.8, 4) is 11.1 Å². The molecule has 24 heavy (non-hydrogen) atoms. The van der Waals surface area contributed by atoms with Crippen molar-refractivity contribution in [2.45, 2.75) is 12.7 Å². The van der Waals surface area contributed by atoms with Gasteiger partial charge in [0.25, 0.3) is 0 Å². The van der Waals surface area contributed by atoms with E-state index < -0.39 is 6.10 Å². The van der Waals surface area contributed by atoms with Gasteiger partial charge in [-0.05, 0) is 45.7 Å². The highest BCUT2D eigenvalue weighted by Crippen LogP contribution is 2.40. The van der Waals surface area contributed by atoms with Crippen LogP contribution in [-0.4, -0.2) is 21.9 Å².